The molecular weight excluding hydrogens is 452 g/mol. The van der Waals surface area contributed by atoms with Gasteiger partial charge < -0.3 is 14.2 Å². The van der Waals surface area contributed by atoms with E-state index in [1.54, 1.807) is 36.6 Å². The average Bonchev–Trinajstić information content (AvgIpc) is 3.43. The zero-order chi connectivity index (χ0) is 23.7. The summed E-state index contributed by atoms with van der Waals surface area (Å²) in [5.74, 6) is 0.702. The van der Waals surface area contributed by atoms with Crippen molar-refractivity contribution in [1.29, 1.82) is 0 Å². The van der Waals surface area contributed by atoms with E-state index in [2.05, 4.69) is 4.99 Å². The predicted octanol–water partition coefficient (Wildman–Crippen LogP) is 3.19. The zero-order valence-electron chi connectivity index (χ0n) is 18.7. The van der Waals surface area contributed by atoms with Crippen molar-refractivity contribution < 1.29 is 19.0 Å². The molecule has 8 heteroatoms. The molecule has 5 rings (SSSR count). The first-order valence-corrected chi connectivity index (χ1v) is 11.7. The fourth-order valence-corrected chi connectivity index (χ4v) is 5.01. The van der Waals surface area contributed by atoms with Crippen LogP contribution < -0.4 is 24.4 Å². The van der Waals surface area contributed by atoms with Crippen LogP contribution in [0.3, 0.4) is 0 Å². The lowest BCUT2D eigenvalue weighted by Gasteiger charge is -2.24. The summed E-state index contributed by atoms with van der Waals surface area (Å²) in [6.45, 7) is 3.86. The van der Waals surface area contributed by atoms with E-state index in [4.69, 9.17) is 14.2 Å². The van der Waals surface area contributed by atoms with Crippen LogP contribution >= 0.6 is 11.3 Å². The Balaban J connectivity index is 1.65. The Morgan fingerprint density at radius 3 is 2.79 bits per heavy atom. The molecule has 2 aliphatic heterocycles. The third kappa shape index (κ3) is 3.97. The first-order chi connectivity index (χ1) is 16.6. The van der Waals surface area contributed by atoms with E-state index in [0.29, 0.717) is 37.7 Å². The van der Waals surface area contributed by atoms with Gasteiger partial charge in [0.05, 0.1) is 28.5 Å². The van der Waals surface area contributed by atoms with Gasteiger partial charge in [0.1, 0.15) is 0 Å². The molecule has 0 aliphatic carbocycles. The largest absolute Gasteiger partial charge is 0.463 e. The second-order valence-corrected chi connectivity index (χ2v) is 8.72. The van der Waals surface area contributed by atoms with Gasteiger partial charge in [-0.2, -0.15) is 0 Å². The highest BCUT2D eigenvalue weighted by molar-refractivity contribution is 7.07. The number of nitrogens with zero attached hydrogens (tertiary/aromatic N) is 2. The minimum Gasteiger partial charge on any atom is -0.463 e. The maximum Gasteiger partial charge on any atom is 0.338 e. The van der Waals surface area contributed by atoms with Crippen LogP contribution in [0.2, 0.25) is 0 Å². The highest BCUT2D eigenvalue weighted by Gasteiger charge is 2.34. The number of carbonyl (C=O) groups is 1. The molecule has 2 aromatic carbocycles. The lowest BCUT2D eigenvalue weighted by Crippen LogP contribution is -2.39. The Bertz CT molecular complexity index is 1500. The number of aromatic nitrogens is 1. The van der Waals surface area contributed by atoms with Gasteiger partial charge in [-0.05, 0) is 43.2 Å². The van der Waals surface area contributed by atoms with Crippen LogP contribution in [0.4, 0.5) is 0 Å². The minimum atomic E-state index is -0.690. The van der Waals surface area contributed by atoms with Crippen molar-refractivity contribution in [2.45, 2.75) is 19.9 Å². The molecule has 0 spiro atoms. The monoisotopic (exact) mass is 474 g/mol. The van der Waals surface area contributed by atoms with Gasteiger partial charge in [-0.25, -0.2) is 9.79 Å². The number of rotatable bonds is 5. The molecule has 172 valence electrons. The third-order valence-corrected chi connectivity index (χ3v) is 6.57. The highest BCUT2D eigenvalue weighted by Crippen LogP contribution is 2.38. The summed E-state index contributed by atoms with van der Waals surface area (Å²) in [5.41, 5.74) is 2.38. The minimum absolute atomic E-state index is 0.134. The molecule has 1 atom stereocenters. The number of thiazole rings is 1. The van der Waals surface area contributed by atoms with Crippen molar-refractivity contribution in [2.24, 2.45) is 4.99 Å². The van der Waals surface area contributed by atoms with Gasteiger partial charge in [-0.1, -0.05) is 59.9 Å². The van der Waals surface area contributed by atoms with E-state index in [9.17, 15) is 9.59 Å². The summed E-state index contributed by atoms with van der Waals surface area (Å²) >= 11 is 1.29. The molecule has 1 aromatic heterocycles. The van der Waals surface area contributed by atoms with Crippen LogP contribution in [-0.2, 0) is 9.53 Å². The van der Waals surface area contributed by atoms with E-state index >= 15 is 0 Å². The van der Waals surface area contributed by atoms with E-state index in [0.717, 1.165) is 5.56 Å². The third-order valence-electron chi connectivity index (χ3n) is 5.57. The summed E-state index contributed by atoms with van der Waals surface area (Å²) in [6, 6.07) is 14.6. The van der Waals surface area contributed by atoms with Crippen LogP contribution in [0.1, 0.15) is 31.0 Å². The number of carbonyl (C=O) groups excluding carboxylic acids is 1. The molecule has 0 amide bonds. The number of esters is 1. The maximum atomic E-state index is 13.5. The molecule has 7 nitrogen and oxygen atoms in total. The Morgan fingerprint density at radius 2 is 2.00 bits per heavy atom. The molecule has 0 saturated carbocycles. The highest BCUT2D eigenvalue weighted by atomic mass is 32.1. The second-order valence-electron chi connectivity index (χ2n) is 7.71. The van der Waals surface area contributed by atoms with E-state index < -0.39 is 12.0 Å². The van der Waals surface area contributed by atoms with Crippen molar-refractivity contribution in [1.82, 2.24) is 4.57 Å². The standard InChI is InChI=1S/C26H22N2O5S/c1-3-31-25(30)22-16(2)27-26-28(23(22)18-12-13-19-20(14-18)33-15-32-19)24(29)21(34-26)11-7-10-17-8-5-4-6-9-17/h4-14,23H,3,15H2,1-2H3/b10-7+,21-11+/t23-/m1/s1. The molecule has 0 N–H and O–H groups in total. The molecule has 34 heavy (non-hydrogen) atoms. The first-order valence-electron chi connectivity index (χ1n) is 10.9. The Morgan fingerprint density at radius 1 is 1.21 bits per heavy atom. The van der Waals surface area contributed by atoms with Gasteiger partial charge in [0.2, 0.25) is 6.79 Å². The van der Waals surface area contributed by atoms with Crippen molar-refractivity contribution in [2.75, 3.05) is 13.4 Å². The van der Waals surface area contributed by atoms with Crippen molar-refractivity contribution in [3.63, 3.8) is 0 Å². The Hall–Kier alpha value is -3.91. The van der Waals surface area contributed by atoms with Crippen LogP contribution in [0, 0.1) is 0 Å². The fourth-order valence-electron chi connectivity index (χ4n) is 4.02. The molecule has 3 heterocycles. The quantitative estimate of drug-likeness (QED) is 0.531. The first kappa shape index (κ1) is 21.9. The SMILES string of the molecule is CCOC(=O)C1=C(C)N=c2s/c(=C/C=C/c3ccccc3)c(=O)n2[C@@H]1c1ccc2c(c1)OCO2. The zero-order valence-corrected chi connectivity index (χ0v) is 19.5. The van der Waals surface area contributed by atoms with Crippen LogP contribution in [-0.4, -0.2) is 23.9 Å². The Kier molecular flexibility index (Phi) is 5.90. The topological polar surface area (TPSA) is 79.1 Å². The summed E-state index contributed by atoms with van der Waals surface area (Å²) in [6.07, 6.45) is 5.55. The van der Waals surface area contributed by atoms with Gasteiger partial charge in [0.15, 0.2) is 16.3 Å². The Labute approximate surface area is 199 Å². The number of fused-ring (bicyclic) bond motifs is 2. The van der Waals surface area contributed by atoms with Crippen LogP contribution in [0.15, 0.2) is 75.7 Å². The van der Waals surface area contributed by atoms with Crippen LogP contribution in [0.25, 0.3) is 12.2 Å². The average molecular weight is 475 g/mol. The molecule has 0 bridgehead atoms. The molecule has 0 unspecified atom stereocenters. The number of benzene rings is 2. The van der Waals surface area contributed by atoms with E-state index in [1.165, 1.54) is 11.3 Å². The van der Waals surface area contributed by atoms with Gasteiger partial charge in [-0.3, -0.25) is 9.36 Å². The summed E-state index contributed by atoms with van der Waals surface area (Å²) in [5, 5.41) is 0. The second kappa shape index (κ2) is 9.15. The van der Waals surface area contributed by atoms with Crippen LogP contribution in [0.5, 0.6) is 11.5 Å². The van der Waals surface area contributed by atoms with Gasteiger partial charge >= 0.3 is 5.97 Å². The lowest BCUT2D eigenvalue weighted by molar-refractivity contribution is -0.139. The smallest absolute Gasteiger partial charge is 0.338 e. The molecule has 0 radical (unpaired) electrons. The molecular formula is C26H22N2O5S. The predicted molar refractivity (Wildman–Crippen MR) is 129 cm³/mol. The normalized spacial score (nSPS) is 17.1. The van der Waals surface area contributed by atoms with Crippen molar-refractivity contribution >= 4 is 29.5 Å². The number of hydrogen-bond acceptors (Lipinski definition) is 7. The number of allylic oxidation sites excluding steroid dienone is 2. The molecule has 0 fully saturated rings. The molecule has 3 aromatic rings. The molecule has 0 saturated heterocycles. The van der Waals surface area contributed by atoms with E-state index in [-0.39, 0.29) is 19.0 Å². The van der Waals surface area contributed by atoms with Gasteiger partial charge in [0, 0.05) is 0 Å². The van der Waals surface area contributed by atoms with E-state index in [1.807, 2.05) is 48.6 Å². The van der Waals surface area contributed by atoms with Crippen molar-refractivity contribution in [3.8, 4) is 11.5 Å². The lowest BCUT2D eigenvalue weighted by atomic mass is 9.95. The number of hydrogen-bond donors (Lipinski definition) is 0. The summed E-state index contributed by atoms with van der Waals surface area (Å²) in [4.78, 5) is 31.6. The summed E-state index contributed by atoms with van der Waals surface area (Å²) < 4.78 is 18.4. The molecule has 2 aliphatic rings. The van der Waals surface area contributed by atoms with Gasteiger partial charge in [-0.15, -0.1) is 0 Å². The van der Waals surface area contributed by atoms with Gasteiger partial charge in [0.25, 0.3) is 5.56 Å². The fraction of sp³-hybridized carbons (Fsp3) is 0.192. The maximum absolute atomic E-state index is 13.5. The number of ether oxygens (including phenoxy) is 3. The van der Waals surface area contributed by atoms with Crippen molar-refractivity contribution in [3.05, 3.63) is 96.7 Å². The summed E-state index contributed by atoms with van der Waals surface area (Å²) in [7, 11) is 0.